The van der Waals surface area contributed by atoms with Gasteiger partial charge in [-0.05, 0) is 43.2 Å². The normalized spacial score (nSPS) is 20.3. The van der Waals surface area contributed by atoms with Crippen LogP contribution in [-0.4, -0.2) is 44.1 Å². The molecular formula is C19H19ClN2O4S. The summed E-state index contributed by atoms with van der Waals surface area (Å²) in [5, 5.41) is 0. The number of amides is 1. The van der Waals surface area contributed by atoms with E-state index in [9.17, 15) is 18.0 Å². The summed E-state index contributed by atoms with van der Waals surface area (Å²) in [6.07, 6.45) is 1.69. The van der Waals surface area contributed by atoms with E-state index in [0.29, 0.717) is 13.1 Å². The molecule has 1 fully saturated rings. The summed E-state index contributed by atoms with van der Waals surface area (Å²) in [6, 6.07) is 10.3. The molecule has 2 heterocycles. The third-order valence-corrected chi connectivity index (χ3v) is 6.78. The fraction of sp³-hybridized carbons (Fsp3) is 0.263. The van der Waals surface area contributed by atoms with Crippen molar-refractivity contribution in [2.45, 2.75) is 28.7 Å². The van der Waals surface area contributed by atoms with Crippen molar-refractivity contribution in [3.8, 4) is 0 Å². The molecule has 1 atom stereocenters. The van der Waals surface area contributed by atoms with E-state index in [4.69, 9.17) is 5.73 Å². The highest BCUT2D eigenvalue weighted by Gasteiger charge is 2.35. The number of nitrogens with zero attached hydrogens (tertiary/aromatic N) is 1. The summed E-state index contributed by atoms with van der Waals surface area (Å²) in [4.78, 5) is 26.9. The highest BCUT2D eigenvalue weighted by Crippen LogP contribution is 2.35. The molecule has 2 aromatic carbocycles. The topological polar surface area (TPSA) is 97.5 Å². The minimum Gasteiger partial charge on any atom is -0.337 e. The highest BCUT2D eigenvalue weighted by atomic mass is 35.5. The van der Waals surface area contributed by atoms with Gasteiger partial charge in [-0.3, -0.25) is 9.59 Å². The van der Waals surface area contributed by atoms with Crippen LogP contribution in [0.4, 0.5) is 0 Å². The van der Waals surface area contributed by atoms with Crippen LogP contribution in [0.1, 0.15) is 39.1 Å². The number of rotatable bonds is 1. The standard InChI is InChI=1S/C19H18N2O4S.ClH/c20-13-4-3-9-21(11-13)19(23)12-7-8-15-17(10-12)26(24,25)16-6-2-1-5-14(16)18(15)22;/h1-2,5-8,10,13H,3-4,9,11,20H2;1H. The van der Waals surface area contributed by atoms with Gasteiger partial charge in [0.15, 0.2) is 5.78 Å². The largest absolute Gasteiger partial charge is 0.337 e. The van der Waals surface area contributed by atoms with E-state index >= 15 is 0 Å². The quantitative estimate of drug-likeness (QED) is 0.667. The van der Waals surface area contributed by atoms with Crippen molar-refractivity contribution in [1.29, 1.82) is 0 Å². The lowest BCUT2D eigenvalue weighted by molar-refractivity contribution is 0.0708. The second kappa shape index (κ2) is 7.07. The first-order valence-corrected chi connectivity index (χ1v) is 9.95. The monoisotopic (exact) mass is 406 g/mol. The van der Waals surface area contributed by atoms with Gasteiger partial charge < -0.3 is 10.6 Å². The summed E-state index contributed by atoms with van der Waals surface area (Å²) >= 11 is 0. The molecule has 0 aromatic heterocycles. The zero-order valence-corrected chi connectivity index (χ0v) is 16.1. The Morgan fingerprint density at radius 1 is 1.07 bits per heavy atom. The summed E-state index contributed by atoms with van der Waals surface area (Å²) in [5.41, 5.74) is 6.46. The number of likely N-dealkylation sites (tertiary alicyclic amines) is 1. The van der Waals surface area contributed by atoms with Crippen LogP contribution in [0.5, 0.6) is 0 Å². The van der Waals surface area contributed by atoms with Gasteiger partial charge in [0.25, 0.3) is 5.91 Å². The van der Waals surface area contributed by atoms with Gasteiger partial charge in [0, 0.05) is 35.8 Å². The molecule has 142 valence electrons. The molecule has 0 bridgehead atoms. The van der Waals surface area contributed by atoms with Gasteiger partial charge in [-0.2, -0.15) is 0 Å². The smallest absolute Gasteiger partial charge is 0.253 e. The highest BCUT2D eigenvalue weighted by molar-refractivity contribution is 7.91. The first-order valence-electron chi connectivity index (χ1n) is 8.47. The molecule has 2 N–H and O–H groups in total. The molecule has 4 rings (SSSR count). The molecule has 1 unspecified atom stereocenters. The van der Waals surface area contributed by atoms with E-state index in [1.54, 1.807) is 17.0 Å². The van der Waals surface area contributed by atoms with Crippen LogP contribution in [0, 0.1) is 0 Å². The molecule has 27 heavy (non-hydrogen) atoms. The van der Waals surface area contributed by atoms with E-state index in [1.165, 1.54) is 30.3 Å². The minimum atomic E-state index is -3.85. The molecule has 0 aliphatic carbocycles. The van der Waals surface area contributed by atoms with Gasteiger partial charge in [-0.15, -0.1) is 12.4 Å². The lowest BCUT2D eigenvalue weighted by atomic mass is 10.00. The zero-order valence-electron chi connectivity index (χ0n) is 14.4. The number of fused-ring (bicyclic) bond motifs is 2. The van der Waals surface area contributed by atoms with Crippen molar-refractivity contribution in [3.63, 3.8) is 0 Å². The fourth-order valence-electron chi connectivity index (χ4n) is 3.59. The number of ketones is 1. The van der Waals surface area contributed by atoms with Crippen LogP contribution >= 0.6 is 12.4 Å². The molecule has 2 aliphatic heterocycles. The Kier molecular flexibility index (Phi) is 5.12. The summed E-state index contributed by atoms with van der Waals surface area (Å²) < 4.78 is 25.9. The molecule has 0 radical (unpaired) electrons. The summed E-state index contributed by atoms with van der Waals surface area (Å²) in [6.45, 7) is 1.04. The number of hydrogen-bond donors (Lipinski definition) is 1. The second-order valence-corrected chi connectivity index (χ2v) is 8.58. The Hall–Kier alpha value is -2.22. The van der Waals surface area contributed by atoms with Crippen molar-refractivity contribution in [2.24, 2.45) is 5.73 Å². The van der Waals surface area contributed by atoms with Gasteiger partial charge in [0.05, 0.1) is 9.79 Å². The average Bonchev–Trinajstić information content (AvgIpc) is 2.65. The van der Waals surface area contributed by atoms with Gasteiger partial charge in [-0.25, -0.2) is 8.42 Å². The third-order valence-electron chi connectivity index (χ3n) is 4.93. The Morgan fingerprint density at radius 3 is 2.52 bits per heavy atom. The predicted molar refractivity (Wildman–Crippen MR) is 102 cm³/mol. The number of benzene rings is 2. The van der Waals surface area contributed by atoms with Crippen LogP contribution in [0.2, 0.25) is 0 Å². The molecule has 0 spiro atoms. The van der Waals surface area contributed by atoms with Crippen LogP contribution in [0.3, 0.4) is 0 Å². The van der Waals surface area contributed by atoms with Gasteiger partial charge in [0.1, 0.15) is 0 Å². The van der Waals surface area contributed by atoms with Crippen molar-refractivity contribution in [2.75, 3.05) is 13.1 Å². The van der Waals surface area contributed by atoms with Crippen LogP contribution < -0.4 is 5.73 Å². The van der Waals surface area contributed by atoms with E-state index in [1.807, 2.05) is 0 Å². The second-order valence-electron chi connectivity index (χ2n) is 6.69. The van der Waals surface area contributed by atoms with Crippen molar-refractivity contribution < 1.29 is 18.0 Å². The van der Waals surface area contributed by atoms with E-state index in [0.717, 1.165) is 12.8 Å². The van der Waals surface area contributed by atoms with E-state index < -0.39 is 9.84 Å². The van der Waals surface area contributed by atoms with Gasteiger partial charge in [-0.1, -0.05) is 12.1 Å². The number of nitrogens with two attached hydrogens (primary N) is 1. The average molecular weight is 407 g/mol. The predicted octanol–water partition coefficient (Wildman–Crippen LogP) is 2.05. The number of sulfone groups is 1. The van der Waals surface area contributed by atoms with Crippen LogP contribution in [0.25, 0.3) is 0 Å². The molecule has 2 aliphatic rings. The maximum atomic E-state index is 12.9. The zero-order chi connectivity index (χ0) is 18.5. The maximum Gasteiger partial charge on any atom is 0.253 e. The molecule has 1 saturated heterocycles. The Labute approximate surface area is 163 Å². The van der Waals surface area contributed by atoms with Crippen molar-refractivity contribution >= 4 is 33.9 Å². The Balaban J connectivity index is 0.00000210. The maximum absolute atomic E-state index is 12.9. The molecule has 1 amide bonds. The Bertz CT molecular complexity index is 1040. The van der Waals surface area contributed by atoms with Gasteiger partial charge >= 0.3 is 0 Å². The fourth-order valence-corrected chi connectivity index (χ4v) is 5.27. The van der Waals surface area contributed by atoms with E-state index in [2.05, 4.69) is 0 Å². The SMILES string of the molecule is Cl.NC1CCCN(C(=O)c2ccc3c(c2)S(=O)(=O)c2ccccc2C3=O)C1. The molecule has 8 heteroatoms. The van der Waals surface area contributed by atoms with Gasteiger partial charge in [0.2, 0.25) is 9.84 Å². The first kappa shape index (κ1) is 19.5. The lowest BCUT2D eigenvalue weighted by Crippen LogP contribution is -2.45. The number of piperidine rings is 1. The summed E-state index contributed by atoms with van der Waals surface area (Å²) in [5.74, 6) is -0.603. The van der Waals surface area contributed by atoms with Crippen molar-refractivity contribution in [3.05, 3.63) is 59.2 Å². The number of carbonyl (C=O) groups is 2. The minimum absolute atomic E-state index is 0. The molecule has 6 nitrogen and oxygen atoms in total. The number of carbonyl (C=O) groups excluding carboxylic acids is 2. The first-order chi connectivity index (χ1) is 12.4. The van der Waals surface area contributed by atoms with Crippen LogP contribution in [-0.2, 0) is 9.84 Å². The summed E-state index contributed by atoms with van der Waals surface area (Å²) in [7, 11) is -3.85. The number of halogens is 1. The molecule has 2 aromatic rings. The van der Waals surface area contributed by atoms with Crippen LogP contribution in [0.15, 0.2) is 52.3 Å². The molecular weight excluding hydrogens is 388 g/mol. The number of hydrogen-bond acceptors (Lipinski definition) is 5. The lowest BCUT2D eigenvalue weighted by Gasteiger charge is -2.31. The Morgan fingerprint density at radius 2 is 1.78 bits per heavy atom. The molecule has 0 saturated carbocycles. The van der Waals surface area contributed by atoms with E-state index in [-0.39, 0.29) is 56.6 Å². The third kappa shape index (κ3) is 3.16. The van der Waals surface area contributed by atoms with Crippen molar-refractivity contribution in [1.82, 2.24) is 4.90 Å².